The third kappa shape index (κ3) is 4.34. The molecule has 2 aromatic rings. The van der Waals surface area contributed by atoms with Crippen LogP contribution in [0.15, 0.2) is 24.4 Å². The number of benzene rings is 1. The number of nitrogens with one attached hydrogen (secondary N) is 2. The molecule has 0 spiro atoms. The van der Waals surface area contributed by atoms with Crippen molar-refractivity contribution in [3.8, 4) is 0 Å². The Kier molecular flexibility index (Phi) is 5.08. The standard InChI is InChI=1S/C18H26N4O/c1-11-7-12(2)9-16(8-11)13(3)19-18(23)20-14(4)17-10-22(6)21-15(17)5/h7-10,13-14H,1-6H3,(H2,19,20,23)/t13-,14-/m0/s1. The molecule has 23 heavy (non-hydrogen) atoms. The molecule has 0 fully saturated rings. The summed E-state index contributed by atoms with van der Waals surface area (Å²) in [4.78, 5) is 12.2. The van der Waals surface area contributed by atoms with E-state index >= 15 is 0 Å². The van der Waals surface area contributed by atoms with Crippen LogP contribution in [0.1, 0.15) is 53.9 Å². The molecule has 2 amide bonds. The molecule has 0 unspecified atom stereocenters. The first-order valence-electron chi connectivity index (χ1n) is 7.91. The van der Waals surface area contributed by atoms with Crippen LogP contribution in [0.4, 0.5) is 4.79 Å². The lowest BCUT2D eigenvalue weighted by Gasteiger charge is -2.19. The zero-order valence-electron chi connectivity index (χ0n) is 14.8. The SMILES string of the molecule is Cc1cc(C)cc([C@H](C)NC(=O)N[C@@H](C)c2cn(C)nc2C)c1. The van der Waals surface area contributed by atoms with Crippen molar-refractivity contribution >= 4 is 6.03 Å². The lowest BCUT2D eigenvalue weighted by atomic mass is 10.0. The molecule has 0 aliphatic rings. The average Bonchev–Trinajstić information content (AvgIpc) is 2.76. The van der Waals surface area contributed by atoms with Gasteiger partial charge in [0.15, 0.2) is 0 Å². The number of hydrogen-bond donors (Lipinski definition) is 2. The van der Waals surface area contributed by atoms with E-state index in [2.05, 4.69) is 47.8 Å². The van der Waals surface area contributed by atoms with Crippen LogP contribution in [0.3, 0.4) is 0 Å². The number of carbonyl (C=O) groups excluding carboxylic acids is 1. The molecule has 1 aromatic heterocycles. The molecule has 0 saturated carbocycles. The average molecular weight is 314 g/mol. The Labute approximate surface area is 138 Å². The van der Waals surface area contributed by atoms with Crippen LogP contribution < -0.4 is 10.6 Å². The van der Waals surface area contributed by atoms with Crippen LogP contribution in [-0.2, 0) is 7.05 Å². The zero-order valence-corrected chi connectivity index (χ0v) is 14.8. The summed E-state index contributed by atoms with van der Waals surface area (Å²) in [5.41, 5.74) is 5.48. The minimum absolute atomic E-state index is 0.0456. The molecule has 5 nitrogen and oxygen atoms in total. The van der Waals surface area contributed by atoms with Crippen LogP contribution >= 0.6 is 0 Å². The Hall–Kier alpha value is -2.30. The molecule has 0 aliphatic carbocycles. The van der Waals surface area contributed by atoms with Gasteiger partial charge in [-0.15, -0.1) is 0 Å². The summed E-state index contributed by atoms with van der Waals surface area (Å²) in [5, 5.41) is 10.3. The van der Waals surface area contributed by atoms with Crippen LogP contribution in [0.25, 0.3) is 0 Å². The van der Waals surface area contributed by atoms with Gasteiger partial charge in [0, 0.05) is 18.8 Å². The predicted octanol–water partition coefficient (Wildman–Crippen LogP) is 3.47. The lowest BCUT2D eigenvalue weighted by molar-refractivity contribution is 0.235. The van der Waals surface area contributed by atoms with Gasteiger partial charge in [0.25, 0.3) is 0 Å². The fraction of sp³-hybridized carbons (Fsp3) is 0.444. The van der Waals surface area contributed by atoms with Crippen molar-refractivity contribution in [1.82, 2.24) is 20.4 Å². The van der Waals surface area contributed by atoms with Crippen molar-refractivity contribution < 1.29 is 4.79 Å². The lowest BCUT2D eigenvalue weighted by Crippen LogP contribution is -2.38. The largest absolute Gasteiger partial charge is 0.332 e. The van der Waals surface area contributed by atoms with Crippen LogP contribution in [0.5, 0.6) is 0 Å². The van der Waals surface area contributed by atoms with Gasteiger partial charge in [-0.05, 0) is 40.2 Å². The number of carbonyl (C=O) groups is 1. The Morgan fingerprint density at radius 1 is 1.04 bits per heavy atom. The number of amides is 2. The Morgan fingerprint density at radius 3 is 2.13 bits per heavy atom. The molecule has 2 atom stereocenters. The smallest absolute Gasteiger partial charge is 0.315 e. The van der Waals surface area contributed by atoms with Gasteiger partial charge < -0.3 is 10.6 Å². The predicted molar refractivity (Wildman–Crippen MR) is 92.4 cm³/mol. The van der Waals surface area contributed by atoms with Gasteiger partial charge in [-0.1, -0.05) is 29.3 Å². The van der Waals surface area contributed by atoms with Gasteiger partial charge in [-0.2, -0.15) is 5.10 Å². The Morgan fingerprint density at radius 2 is 1.61 bits per heavy atom. The van der Waals surface area contributed by atoms with Crippen molar-refractivity contribution in [2.24, 2.45) is 7.05 Å². The molecular weight excluding hydrogens is 288 g/mol. The van der Waals surface area contributed by atoms with E-state index in [4.69, 9.17) is 0 Å². The first-order valence-corrected chi connectivity index (χ1v) is 7.91. The summed E-state index contributed by atoms with van der Waals surface area (Å²) in [5.74, 6) is 0. The zero-order chi connectivity index (χ0) is 17.1. The number of hydrogen-bond acceptors (Lipinski definition) is 2. The monoisotopic (exact) mass is 314 g/mol. The second-order valence-electron chi connectivity index (χ2n) is 6.33. The molecule has 1 aromatic carbocycles. The fourth-order valence-corrected chi connectivity index (χ4v) is 2.90. The molecular formula is C18H26N4O. The first-order chi connectivity index (χ1) is 10.8. The second-order valence-corrected chi connectivity index (χ2v) is 6.33. The quantitative estimate of drug-likeness (QED) is 0.908. The molecule has 0 radical (unpaired) electrons. The molecule has 1 heterocycles. The van der Waals surface area contributed by atoms with E-state index < -0.39 is 0 Å². The highest BCUT2D eigenvalue weighted by Gasteiger charge is 2.16. The topological polar surface area (TPSA) is 59.0 Å². The molecule has 0 aliphatic heterocycles. The van der Waals surface area contributed by atoms with Crippen LogP contribution in [0, 0.1) is 20.8 Å². The molecule has 5 heteroatoms. The Bertz CT molecular complexity index is 685. The highest BCUT2D eigenvalue weighted by molar-refractivity contribution is 5.75. The maximum absolute atomic E-state index is 12.2. The van der Waals surface area contributed by atoms with Gasteiger partial charge >= 0.3 is 6.03 Å². The van der Waals surface area contributed by atoms with E-state index in [1.807, 2.05) is 34.0 Å². The van der Waals surface area contributed by atoms with Crippen molar-refractivity contribution in [3.63, 3.8) is 0 Å². The van der Waals surface area contributed by atoms with Gasteiger partial charge in [0.1, 0.15) is 0 Å². The van der Waals surface area contributed by atoms with E-state index in [0.29, 0.717) is 0 Å². The van der Waals surface area contributed by atoms with Crippen LogP contribution in [-0.4, -0.2) is 15.8 Å². The van der Waals surface area contributed by atoms with Gasteiger partial charge in [-0.25, -0.2) is 4.79 Å². The third-order valence-corrected chi connectivity index (χ3v) is 3.96. The van der Waals surface area contributed by atoms with Gasteiger partial charge in [-0.3, -0.25) is 4.68 Å². The highest BCUT2D eigenvalue weighted by Crippen LogP contribution is 2.18. The van der Waals surface area contributed by atoms with Crippen molar-refractivity contribution in [2.75, 3.05) is 0 Å². The number of aryl methyl sites for hydroxylation is 4. The van der Waals surface area contributed by atoms with E-state index in [9.17, 15) is 4.79 Å². The highest BCUT2D eigenvalue weighted by atomic mass is 16.2. The van der Waals surface area contributed by atoms with Crippen molar-refractivity contribution in [3.05, 3.63) is 52.3 Å². The molecule has 2 N–H and O–H groups in total. The Balaban J connectivity index is 2.00. The first kappa shape index (κ1) is 17.1. The van der Waals surface area contributed by atoms with Crippen LogP contribution in [0.2, 0.25) is 0 Å². The minimum Gasteiger partial charge on any atom is -0.332 e. The summed E-state index contributed by atoms with van der Waals surface area (Å²) in [6.07, 6.45) is 1.94. The van der Waals surface area contributed by atoms with E-state index in [1.165, 1.54) is 11.1 Å². The maximum atomic E-state index is 12.2. The summed E-state index contributed by atoms with van der Waals surface area (Å²) < 4.78 is 1.76. The number of aromatic nitrogens is 2. The van der Waals surface area contributed by atoms with E-state index in [0.717, 1.165) is 16.8 Å². The summed E-state index contributed by atoms with van der Waals surface area (Å²) >= 11 is 0. The van der Waals surface area contributed by atoms with Crippen molar-refractivity contribution in [1.29, 1.82) is 0 Å². The number of urea groups is 1. The number of rotatable bonds is 4. The van der Waals surface area contributed by atoms with E-state index in [-0.39, 0.29) is 18.1 Å². The maximum Gasteiger partial charge on any atom is 0.315 e. The molecule has 0 bridgehead atoms. The minimum atomic E-state index is -0.174. The molecule has 2 rings (SSSR count). The summed E-state index contributed by atoms with van der Waals surface area (Å²) in [7, 11) is 1.88. The second kappa shape index (κ2) is 6.86. The van der Waals surface area contributed by atoms with Gasteiger partial charge in [0.05, 0.1) is 17.8 Å². The third-order valence-electron chi connectivity index (χ3n) is 3.96. The summed E-state index contributed by atoms with van der Waals surface area (Å²) in [6.45, 7) is 10.0. The molecule has 0 saturated heterocycles. The number of nitrogens with zero attached hydrogens (tertiary/aromatic N) is 2. The van der Waals surface area contributed by atoms with Crippen molar-refractivity contribution in [2.45, 2.75) is 46.7 Å². The fourth-order valence-electron chi connectivity index (χ4n) is 2.90. The molecule has 124 valence electrons. The van der Waals surface area contributed by atoms with E-state index in [1.54, 1.807) is 4.68 Å². The normalized spacial score (nSPS) is 13.5. The van der Waals surface area contributed by atoms with Gasteiger partial charge in [0.2, 0.25) is 0 Å². The summed E-state index contributed by atoms with van der Waals surface area (Å²) in [6, 6.07) is 6.03.